The molecule has 0 saturated carbocycles. The van der Waals surface area contributed by atoms with E-state index >= 15 is 0 Å². The zero-order valence-corrected chi connectivity index (χ0v) is 49.0. The van der Waals surface area contributed by atoms with Gasteiger partial charge >= 0.3 is 17.9 Å². The van der Waals surface area contributed by atoms with E-state index in [0.29, 0.717) is 19.3 Å². The fourth-order valence-corrected chi connectivity index (χ4v) is 8.60. The molecule has 6 heteroatoms. The number of ether oxygens (including phenoxy) is 3. The highest BCUT2D eigenvalue weighted by molar-refractivity contribution is 5.71. The molecule has 0 aromatic carbocycles. The molecule has 0 aliphatic rings. The predicted molar refractivity (Wildman–Crippen MR) is 325 cm³/mol. The number of hydrogen-bond acceptors (Lipinski definition) is 6. The second kappa shape index (κ2) is 62.6. The summed E-state index contributed by atoms with van der Waals surface area (Å²) in [6.07, 6.45) is 85.1. The zero-order valence-electron chi connectivity index (χ0n) is 49.0. The van der Waals surface area contributed by atoms with Crippen LogP contribution >= 0.6 is 0 Å². The molecule has 6 nitrogen and oxygen atoms in total. The average molecular weight is 1040 g/mol. The minimum absolute atomic E-state index is 0.0910. The van der Waals surface area contributed by atoms with E-state index in [1.165, 1.54) is 116 Å². The first-order chi connectivity index (χ1) is 37.0. The van der Waals surface area contributed by atoms with Crippen LogP contribution in [-0.4, -0.2) is 37.2 Å². The molecule has 0 rings (SSSR count). The van der Waals surface area contributed by atoms with Gasteiger partial charge in [0.25, 0.3) is 0 Å². The highest BCUT2D eigenvalue weighted by Crippen LogP contribution is 2.15. The average Bonchev–Trinajstić information content (AvgIpc) is 3.41. The van der Waals surface area contributed by atoms with Crippen LogP contribution in [0.1, 0.15) is 290 Å². The topological polar surface area (TPSA) is 78.9 Å². The lowest BCUT2D eigenvalue weighted by Gasteiger charge is -2.18. The number of carbonyl (C=O) groups excluding carboxylic acids is 3. The fourth-order valence-electron chi connectivity index (χ4n) is 8.60. The van der Waals surface area contributed by atoms with Crippen molar-refractivity contribution >= 4 is 17.9 Å². The molecule has 1 unspecified atom stereocenters. The Balaban J connectivity index is 4.41. The first-order valence-corrected chi connectivity index (χ1v) is 31.4. The van der Waals surface area contributed by atoms with E-state index in [-0.39, 0.29) is 31.1 Å². The van der Waals surface area contributed by atoms with E-state index in [1.54, 1.807) is 0 Å². The third kappa shape index (κ3) is 60.8. The molecule has 0 N–H and O–H groups in total. The third-order valence-electron chi connectivity index (χ3n) is 13.2. The third-order valence-corrected chi connectivity index (χ3v) is 13.2. The van der Waals surface area contributed by atoms with E-state index in [9.17, 15) is 14.4 Å². The van der Waals surface area contributed by atoms with Crippen LogP contribution in [0.4, 0.5) is 0 Å². The molecular formula is C69H116O6. The standard InChI is InChI=1S/C69H116O6/c1-4-7-10-13-16-19-22-25-28-30-32-33-34-35-37-38-41-44-47-50-53-56-59-62-68(71)74-65-66(64-73-67(70)61-58-55-52-49-46-43-40-27-24-21-18-15-12-9-6-3)75-69(72)63-60-57-54-51-48-45-42-39-36-31-29-26-23-20-17-14-11-8-5-2/h7,9-10,12,16,18-19,21,25-29,32-33,35,37,40,66H,4-6,8,11,13-15,17,20,22-24,30-31,34,36,38-39,41-65H2,1-3H3/b10-7-,12-9-,19-16-,21-18-,28-25-,29-26-,33-32-,37-35-,40-27-. The number of rotatable bonds is 56. The van der Waals surface area contributed by atoms with Crippen LogP contribution in [0.15, 0.2) is 109 Å². The van der Waals surface area contributed by atoms with E-state index in [4.69, 9.17) is 14.2 Å². The first kappa shape index (κ1) is 71.1. The Labute approximate surface area is 463 Å². The Morgan fingerprint density at radius 1 is 0.280 bits per heavy atom. The summed E-state index contributed by atoms with van der Waals surface area (Å²) in [5.41, 5.74) is 0. The van der Waals surface area contributed by atoms with E-state index in [0.717, 1.165) is 135 Å². The summed E-state index contributed by atoms with van der Waals surface area (Å²) in [7, 11) is 0. The van der Waals surface area contributed by atoms with Crippen molar-refractivity contribution in [3.05, 3.63) is 109 Å². The summed E-state index contributed by atoms with van der Waals surface area (Å²) in [5, 5.41) is 0. The molecule has 0 aliphatic heterocycles. The molecule has 0 bridgehead atoms. The van der Waals surface area contributed by atoms with Crippen molar-refractivity contribution in [1.29, 1.82) is 0 Å². The van der Waals surface area contributed by atoms with Crippen LogP contribution < -0.4 is 0 Å². The predicted octanol–water partition coefficient (Wildman–Crippen LogP) is 21.4. The Kier molecular flexibility index (Phi) is 59.3. The van der Waals surface area contributed by atoms with Gasteiger partial charge in [0.2, 0.25) is 0 Å². The van der Waals surface area contributed by atoms with Gasteiger partial charge in [0, 0.05) is 19.3 Å². The van der Waals surface area contributed by atoms with E-state index in [1.807, 2.05) is 0 Å². The minimum Gasteiger partial charge on any atom is -0.462 e. The number of carbonyl (C=O) groups is 3. The number of unbranched alkanes of at least 4 members (excludes halogenated alkanes) is 27. The molecule has 0 aliphatic carbocycles. The first-order valence-electron chi connectivity index (χ1n) is 31.4. The monoisotopic (exact) mass is 1040 g/mol. The molecule has 0 spiro atoms. The maximum absolute atomic E-state index is 12.9. The Bertz CT molecular complexity index is 1520. The molecular weight excluding hydrogens is 925 g/mol. The summed E-state index contributed by atoms with van der Waals surface area (Å²) in [4.78, 5) is 38.3. The van der Waals surface area contributed by atoms with Crippen molar-refractivity contribution in [2.45, 2.75) is 297 Å². The van der Waals surface area contributed by atoms with E-state index < -0.39 is 6.10 Å². The van der Waals surface area contributed by atoms with Gasteiger partial charge in [-0.1, -0.05) is 259 Å². The number of hydrogen-bond donors (Lipinski definition) is 0. The molecule has 428 valence electrons. The molecule has 1 atom stereocenters. The number of esters is 3. The van der Waals surface area contributed by atoms with Gasteiger partial charge in [-0.05, 0) is 122 Å². The van der Waals surface area contributed by atoms with Gasteiger partial charge < -0.3 is 14.2 Å². The SMILES string of the molecule is CC/C=C\C/C=C\C/C=C\C/C=C\C/C=C\CCCCCCCCCC(=O)OCC(COC(=O)CCCCCCC/C=C\C/C=C\C/C=C\CC)OC(=O)CCCCCCCCCCC/C=C\CCCCCCCC. The summed E-state index contributed by atoms with van der Waals surface area (Å²) >= 11 is 0. The lowest BCUT2D eigenvalue weighted by Crippen LogP contribution is -2.30. The highest BCUT2D eigenvalue weighted by atomic mass is 16.6. The lowest BCUT2D eigenvalue weighted by molar-refractivity contribution is -0.167. The largest absolute Gasteiger partial charge is 0.462 e. The minimum atomic E-state index is -0.794. The Morgan fingerprint density at radius 3 is 0.827 bits per heavy atom. The van der Waals surface area contributed by atoms with Crippen molar-refractivity contribution in [3.63, 3.8) is 0 Å². The fraction of sp³-hybridized carbons (Fsp3) is 0.696. The number of allylic oxidation sites excluding steroid dienone is 18. The van der Waals surface area contributed by atoms with Crippen molar-refractivity contribution in [3.8, 4) is 0 Å². The maximum Gasteiger partial charge on any atom is 0.306 e. The summed E-state index contributed by atoms with van der Waals surface area (Å²) in [6.45, 7) is 6.40. The van der Waals surface area contributed by atoms with Crippen LogP contribution in [0, 0.1) is 0 Å². The van der Waals surface area contributed by atoms with Gasteiger partial charge in [-0.25, -0.2) is 0 Å². The Hall–Kier alpha value is -3.93. The van der Waals surface area contributed by atoms with Crippen LogP contribution in [0.2, 0.25) is 0 Å². The summed E-state index contributed by atoms with van der Waals surface area (Å²) < 4.78 is 16.9. The maximum atomic E-state index is 12.9. The Morgan fingerprint density at radius 2 is 0.520 bits per heavy atom. The molecule has 0 amide bonds. The molecule has 0 aromatic rings. The van der Waals surface area contributed by atoms with Gasteiger partial charge in [-0.15, -0.1) is 0 Å². The molecule has 0 radical (unpaired) electrons. The van der Waals surface area contributed by atoms with Gasteiger partial charge in [-0.2, -0.15) is 0 Å². The van der Waals surface area contributed by atoms with Gasteiger partial charge in [-0.3, -0.25) is 14.4 Å². The van der Waals surface area contributed by atoms with Gasteiger partial charge in [0.1, 0.15) is 13.2 Å². The lowest BCUT2D eigenvalue weighted by atomic mass is 10.1. The molecule has 0 saturated heterocycles. The van der Waals surface area contributed by atoms with Gasteiger partial charge in [0.05, 0.1) is 0 Å². The van der Waals surface area contributed by atoms with Crippen molar-refractivity contribution < 1.29 is 28.6 Å². The van der Waals surface area contributed by atoms with Crippen molar-refractivity contribution in [2.24, 2.45) is 0 Å². The molecule has 0 fully saturated rings. The summed E-state index contributed by atoms with van der Waals surface area (Å²) in [6, 6.07) is 0. The second-order valence-corrected chi connectivity index (χ2v) is 20.5. The molecule has 0 heterocycles. The smallest absolute Gasteiger partial charge is 0.306 e. The second-order valence-electron chi connectivity index (χ2n) is 20.5. The quantitative estimate of drug-likeness (QED) is 0.0261. The molecule has 75 heavy (non-hydrogen) atoms. The van der Waals surface area contributed by atoms with Crippen molar-refractivity contribution in [2.75, 3.05) is 13.2 Å². The zero-order chi connectivity index (χ0) is 54.3. The van der Waals surface area contributed by atoms with E-state index in [2.05, 4.69) is 130 Å². The van der Waals surface area contributed by atoms with Crippen LogP contribution in [0.25, 0.3) is 0 Å². The highest BCUT2D eigenvalue weighted by Gasteiger charge is 2.19. The normalized spacial score (nSPS) is 12.8. The van der Waals surface area contributed by atoms with Crippen LogP contribution in [0.3, 0.4) is 0 Å². The van der Waals surface area contributed by atoms with Crippen LogP contribution in [0.5, 0.6) is 0 Å². The van der Waals surface area contributed by atoms with Crippen molar-refractivity contribution in [1.82, 2.24) is 0 Å². The van der Waals surface area contributed by atoms with Crippen LogP contribution in [-0.2, 0) is 28.6 Å². The van der Waals surface area contributed by atoms with Gasteiger partial charge in [0.15, 0.2) is 6.10 Å². The summed E-state index contributed by atoms with van der Waals surface area (Å²) in [5.74, 6) is -0.914. The molecule has 0 aromatic heterocycles.